The maximum atomic E-state index is 9.71. The van der Waals surface area contributed by atoms with Crippen molar-refractivity contribution in [2.45, 2.75) is 51.7 Å². The van der Waals surface area contributed by atoms with Crippen molar-refractivity contribution < 1.29 is 14.6 Å². The Morgan fingerprint density at radius 1 is 1.16 bits per heavy atom. The molecule has 2 unspecified atom stereocenters. The SMILES string of the molecule is C#CC(CCC)NCC(O)COCCOCCCC. The first-order chi connectivity index (χ1) is 9.24. The summed E-state index contributed by atoms with van der Waals surface area (Å²) in [6, 6.07) is 0.0389. The molecule has 2 atom stereocenters. The highest BCUT2D eigenvalue weighted by atomic mass is 16.5. The molecule has 4 nitrogen and oxygen atoms in total. The van der Waals surface area contributed by atoms with Crippen LogP contribution in [-0.2, 0) is 9.47 Å². The highest BCUT2D eigenvalue weighted by molar-refractivity contribution is 4.98. The van der Waals surface area contributed by atoms with Crippen molar-refractivity contribution in [2.24, 2.45) is 0 Å². The number of terminal acetylenes is 1. The van der Waals surface area contributed by atoms with Crippen LogP contribution in [0.5, 0.6) is 0 Å². The second-order valence-electron chi connectivity index (χ2n) is 4.61. The Morgan fingerprint density at radius 2 is 1.89 bits per heavy atom. The van der Waals surface area contributed by atoms with Gasteiger partial charge in [0.25, 0.3) is 0 Å². The first-order valence-corrected chi connectivity index (χ1v) is 7.27. The van der Waals surface area contributed by atoms with Gasteiger partial charge < -0.3 is 19.9 Å². The summed E-state index contributed by atoms with van der Waals surface area (Å²) in [5.74, 6) is 2.67. The van der Waals surface area contributed by atoms with Crippen LogP contribution >= 0.6 is 0 Å². The van der Waals surface area contributed by atoms with Gasteiger partial charge in [-0.25, -0.2) is 0 Å². The average Bonchev–Trinajstić information content (AvgIpc) is 2.42. The van der Waals surface area contributed by atoms with Gasteiger partial charge in [-0.3, -0.25) is 0 Å². The standard InChI is InChI=1S/C15H29NO3/c1-4-7-9-18-10-11-19-13-15(17)12-16-14(6-3)8-5-2/h3,14-17H,4-5,7-13H2,1-2H3. The molecule has 19 heavy (non-hydrogen) atoms. The molecule has 0 bridgehead atoms. The molecule has 0 aliphatic rings. The van der Waals surface area contributed by atoms with Crippen molar-refractivity contribution in [1.29, 1.82) is 0 Å². The zero-order valence-corrected chi connectivity index (χ0v) is 12.4. The van der Waals surface area contributed by atoms with E-state index in [0.717, 1.165) is 32.3 Å². The molecule has 0 heterocycles. The van der Waals surface area contributed by atoms with Crippen LogP contribution < -0.4 is 5.32 Å². The van der Waals surface area contributed by atoms with Crippen LogP contribution in [0.2, 0.25) is 0 Å². The number of unbranched alkanes of at least 4 members (excludes halogenated alkanes) is 1. The summed E-state index contributed by atoms with van der Waals surface area (Å²) >= 11 is 0. The predicted octanol–water partition coefficient (Wildman–Crippen LogP) is 1.57. The van der Waals surface area contributed by atoms with Gasteiger partial charge in [0, 0.05) is 13.2 Å². The molecule has 2 N–H and O–H groups in total. The van der Waals surface area contributed by atoms with Crippen LogP contribution in [0.4, 0.5) is 0 Å². The van der Waals surface area contributed by atoms with E-state index in [1.807, 2.05) is 0 Å². The zero-order chi connectivity index (χ0) is 14.3. The van der Waals surface area contributed by atoms with Crippen molar-refractivity contribution in [3.8, 4) is 12.3 Å². The van der Waals surface area contributed by atoms with Crippen LogP contribution in [0.25, 0.3) is 0 Å². The van der Waals surface area contributed by atoms with Gasteiger partial charge in [-0.1, -0.05) is 32.6 Å². The quantitative estimate of drug-likeness (QED) is 0.394. The molecule has 4 heteroatoms. The maximum Gasteiger partial charge on any atom is 0.0898 e. The molecule has 0 aromatic rings. The summed E-state index contributed by atoms with van der Waals surface area (Å²) in [7, 11) is 0. The molecular formula is C15H29NO3. The van der Waals surface area contributed by atoms with Crippen LogP contribution in [0.1, 0.15) is 39.5 Å². The Hall–Kier alpha value is -0.600. The summed E-state index contributed by atoms with van der Waals surface area (Å²) in [5, 5.41) is 12.8. The van der Waals surface area contributed by atoms with E-state index in [1.54, 1.807) is 0 Å². The van der Waals surface area contributed by atoms with E-state index in [1.165, 1.54) is 0 Å². The molecule has 0 aliphatic carbocycles. The molecule has 0 amide bonds. The summed E-state index contributed by atoms with van der Waals surface area (Å²) in [4.78, 5) is 0. The third-order valence-electron chi connectivity index (χ3n) is 2.70. The van der Waals surface area contributed by atoms with Gasteiger partial charge in [-0.2, -0.15) is 0 Å². The first-order valence-electron chi connectivity index (χ1n) is 7.27. The molecule has 0 radical (unpaired) electrons. The normalized spacial score (nSPS) is 14.0. The van der Waals surface area contributed by atoms with Gasteiger partial charge in [0.1, 0.15) is 0 Å². The Morgan fingerprint density at radius 3 is 2.53 bits per heavy atom. The number of rotatable bonds is 13. The minimum Gasteiger partial charge on any atom is -0.389 e. The van der Waals surface area contributed by atoms with Crippen molar-refractivity contribution in [3.05, 3.63) is 0 Å². The fourth-order valence-electron chi connectivity index (χ4n) is 1.56. The highest BCUT2D eigenvalue weighted by Crippen LogP contribution is 1.95. The van der Waals surface area contributed by atoms with E-state index in [-0.39, 0.29) is 6.04 Å². The van der Waals surface area contributed by atoms with Crippen molar-refractivity contribution in [2.75, 3.05) is 33.0 Å². The third kappa shape index (κ3) is 12.2. The molecular weight excluding hydrogens is 242 g/mol. The van der Waals surface area contributed by atoms with E-state index in [9.17, 15) is 5.11 Å². The second kappa shape index (κ2) is 13.8. The molecule has 0 saturated carbocycles. The molecule has 0 aliphatic heterocycles. The third-order valence-corrected chi connectivity index (χ3v) is 2.70. The van der Waals surface area contributed by atoms with Gasteiger partial charge in [0.15, 0.2) is 0 Å². The lowest BCUT2D eigenvalue weighted by molar-refractivity contribution is 0.00354. The number of aliphatic hydroxyl groups is 1. The van der Waals surface area contributed by atoms with E-state index in [0.29, 0.717) is 26.4 Å². The molecule has 0 saturated heterocycles. The average molecular weight is 271 g/mol. The molecule has 0 fully saturated rings. The van der Waals surface area contributed by atoms with Crippen molar-refractivity contribution in [1.82, 2.24) is 5.32 Å². The Balaban J connectivity index is 3.39. The fraction of sp³-hybridized carbons (Fsp3) is 0.867. The van der Waals surface area contributed by atoms with Gasteiger partial charge in [0.2, 0.25) is 0 Å². The maximum absolute atomic E-state index is 9.71. The molecule has 0 rings (SSSR count). The van der Waals surface area contributed by atoms with Crippen LogP contribution in [0.15, 0.2) is 0 Å². The lowest BCUT2D eigenvalue weighted by Crippen LogP contribution is -2.36. The first kappa shape index (κ1) is 18.4. The molecule has 0 aromatic heterocycles. The zero-order valence-electron chi connectivity index (χ0n) is 12.4. The number of nitrogens with one attached hydrogen (secondary N) is 1. The summed E-state index contributed by atoms with van der Waals surface area (Å²) in [6.07, 6.45) is 9.03. The Bertz CT molecular complexity index is 228. The van der Waals surface area contributed by atoms with E-state index >= 15 is 0 Å². The summed E-state index contributed by atoms with van der Waals surface area (Å²) in [6.45, 7) is 6.89. The fourth-order valence-corrected chi connectivity index (χ4v) is 1.56. The Labute approximate surface area is 117 Å². The van der Waals surface area contributed by atoms with Crippen molar-refractivity contribution >= 4 is 0 Å². The number of aliphatic hydroxyl groups excluding tert-OH is 1. The second-order valence-corrected chi connectivity index (χ2v) is 4.61. The highest BCUT2D eigenvalue weighted by Gasteiger charge is 2.08. The minimum atomic E-state index is -0.525. The smallest absolute Gasteiger partial charge is 0.0898 e. The van der Waals surface area contributed by atoms with E-state index < -0.39 is 6.10 Å². The topological polar surface area (TPSA) is 50.7 Å². The monoisotopic (exact) mass is 271 g/mol. The number of hydrogen-bond acceptors (Lipinski definition) is 4. The summed E-state index contributed by atoms with van der Waals surface area (Å²) in [5.41, 5.74) is 0. The summed E-state index contributed by atoms with van der Waals surface area (Å²) < 4.78 is 10.7. The number of ether oxygens (including phenoxy) is 2. The van der Waals surface area contributed by atoms with Gasteiger partial charge in [0.05, 0.1) is 32.0 Å². The molecule has 112 valence electrons. The lowest BCUT2D eigenvalue weighted by atomic mass is 10.2. The molecule has 0 aromatic carbocycles. The predicted molar refractivity (Wildman–Crippen MR) is 78.1 cm³/mol. The molecule has 0 spiro atoms. The Kier molecular flexibility index (Phi) is 13.4. The van der Waals surface area contributed by atoms with Gasteiger partial charge in [-0.05, 0) is 12.8 Å². The minimum absolute atomic E-state index is 0.0389. The van der Waals surface area contributed by atoms with Gasteiger partial charge >= 0.3 is 0 Å². The van der Waals surface area contributed by atoms with Gasteiger partial charge in [-0.15, -0.1) is 6.42 Å². The van der Waals surface area contributed by atoms with Crippen LogP contribution in [-0.4, -0.2) is 50.2 Å². The van der Waals surface area contributed by atoms with E-state index in [2.05, 4.69) is 25.1 Å². The van der Waals surface area contributed by atoms with Crippen molar-refractivity contribution in [3.63, 3.8) is 0 Å². The number of hydrogen-bond donors (Lipinski definition) is 2. The van der Waals surface area contributed by atoms with Crippen LogP contribution in [0.3, 0.4) is 0 Å². The lowest BCUT2D eigenvalue weighted by Gasteiger charge is -2.16. The van der Waals surface area contributed by atoms with Crippen LogP contribution in [0, 0.1) is 12.3 Å². The largest absolute Gasteiger partial charge is 0.389 e. The van der Waals surface area contributed by atoms with E-state index in [4.69, 9.17) is 15.9 Å².